The summed E-state index contributed by atoms with van der Waals surface area (Å²) in [4.78, 5) is 11.6. The summed E-state index contributed by atoms with van der Waals surface area (Å²) >= 11 is 0. The molecule has 1 unspecified atom stereocenters. The van der Waals surface area contributed by atoms with Gasteiger partial charge in [-0.05, 0) is 24.6 Å². The molecule has 0 radical (unpaired) electrons. The molecule has 3 N–H and O–H groups in total. The van der Waals surface area contributed by atoms with Gasteiger partial charge in [-0.2, -0.15) is 13.2 Å². The monoisotopic (exact) mass is 353 g/mol. The van der Waals surface area contributed by atoms with E-state index in [1.165, 1.54) is 12.1 Å². The first-order chi connectivity index (χ1) is 10.5. The van der Waals surface area contributed by atoms with Crippen LogP contribution in [0.5, 0.6) is 0 Å². The molecule has 130 valence electrons. The van der Waals surface area contributed by atoms with Crippen molar-refractivity contribution in [2.45, 2.75) is 19.1 Å². The van der Waals surface area contributed by atoms with Crippen LogP contribution in [0.1, 0.15) is 24.1 Å². The molecule has 0 fully saturated rings. The van der Waals surface area contributed by atoms with E-state index in [4.69, 9.17) is 0 Å². The lowest BCUT2D eigenvalue weighted by atomic mass is 10.1. The number of hydrogen-bond acceptors (Lipinski definition) is 3. The Bertz CT molecular complexity index is 647. The van der Waals surface area contributed by atoms with Crippen LogP contribution >= 0.6 is 0 Å². The first-order valence-electron chi connectivity index (χ1n) is 6.65. The SMILES string of the molecule is CC(NC(=O)NCCNS(C)(=O)=O)c1cccc(C(F)(F)F)c1. The van der Waals surface area contributed by atoms with E-state index in [1.807, 2.05) is 0 Å². The van der Waals surface area contributed by atoms with Crippen LogP contribution in [0.2, 0.25) is 0 Å². The van der Waals surface area contributed by atoms with Crippen LogP contribution in [0.3, 0.4) is 0 Å². The molecule has 1 aromatic rings. The lowest BCUT2D eigenvalue weighted by molar-refractivity contribution is -0.137. The van der Waals surface area contributed by atoms with Gasteiger partial charge in [0.1, 0.15) is 0 Å². The van der Waals surface area contributed by atoms with Crippen molar-refractivity contribution in [1.82, 2.24) is 15.4 Å². The minimum atomic E-state index is -4.45. The minimum Gasteiger partial charge on any atom is -0.337 e. The van der Waals surface area contributed by atoms with E-state index in [9.17, 15) is 26.4 Å². The zero-order chi connectivity index (χ0) is 17.7. The molecule has 0 aliphatic rings. The molecule has 1 rings (SSSR count). The second-order valence-corrected chi connectivity index (χ2v) is 6.74. The molecule has 0 saturated carbocycles. The summed E-state index contributed by atoms with van der Waals surface area (Å²) in [5.41, 5.74) is -0.481. The predicted molar refractivity (Wildman–Crippen MR) is 79.2 cm³/mol. The Morgan fingerprint density at radius 2 is 1.91 bits per heavy atom. The maximum Gasteiger partial charge on any atom is 0.416 e. The van der Waals surface area contributed by atoms with Crippen molar-refractivity contribution in [2.75, 3.05) is 19.3 Å². The van der Waals surface area contributed by atoms with Crippen LogP contribution < -0.4 is 15.4 Å². The number of urea groups is 1. The highest BCUT2D eigenvalue weighted by Gasteiger charge is 2.30. The number of carbonyl (C=O) groups is 1. The highest BCUT2D eigenvalue weighted by atomic mass is 32.2. The first kappa shape index (κ1) is 19.2. The number of sulfonamides is 1. The van der Waals surface area contributed by atoms with Gasteiger partial charge in [-0.1, -0.05) is 12.1 Å². The van der Waals surface area contributed by atoms with Crippen LogP contribution in [0, 0.1) is 0 Å². The molecule has 0 aliphatic carbocycles. The normalized spacial score (nSPS) is 13.4. The van der Waals surface area contributed by atoms with Crippen LogP contribution in [-0.4, -0.2) is 33.8 Å². The van der Waals surface area contributed by atoms with E-state index in [-0.39, 0.29) is 13.1 Å². The standard InChI is InChI=1S/C13H18F3N3O3S/c1-9(10-4-3-5-11(8-10)13(14,15)16)19-12(20)17-6-7-18-23(2,21)22/h3-5,8-9,18H,6-7H2,1-2H3,(H2,17,19,20). The number of alkyl halides is 3. The Kier molecular flexibility index (Phi) is 6.39. The largest absolute Gasteiger partial charge is 0.416 e. The third-order valence-electron chi connectivity index (χ3n) is 2.84. The Labute approximate surface area is 132 Å². The fourth-order valence-electron chi connectivity index (χ4n) is 1.73. The van der Waals surface area contributed by atoms with Crippen molar-refractivity contribution in [3.8, 4) is 0 Å². The number of halogens is 3. The Morgan fingerprint density at radius 1 is 1.26 bits per heavy atom. The van der Waals surface area contributed by atoms with Gasteiger partial charge in [0, 0.05) is 13.1 Å². The fraction of sp³-hybridized carbons (Fsp3) is 0.462. The summed E-state index contributed by atoms with van der Waals surface area (Å²) < 4.78 is 61.8. The average molecular weight is 353 g/mol. The Morgan fingerprint density at radius 3 is 2.48 bits per heavy atom. The van der Waals surface area contributed by atoms with E-state index in [2.05, 4.69) is 15.4 Å². The highest BCUT2D eigenvalue weighted by Crippen LogP contribution is 2.30. The predicted octanol–water partition coefficient (Wildman–Crippen LogP) is 1.61. The van der Waals surface area contributed by atoms with Gasteiger partial charge in [0.15, 0.2) is 0 Å². The maximum absolute atomic E-state index is 12.6. The molecule has 0 heterocycles. The zero-order valence-electron chi connectivity index (χ0n) is 12.6. The molecule has 0 bridgehead atoms. The van der Waals surface area contributed by atoms with Crippen molar-refractivity contribution in [1.29, 1.82) is 0 Å². The number of amides is 2. The zero-order valence-corrected chi connectivity index (χ0v) is 13.4. The quantitative estimate of drug-likeness (QED) is 0.679. The van der Waals surface area contributed by atoms with Gasteiger partial charge >= 0.3 is 12.2 Å². The first-order valence-corrected chi connectivity index (χ1v) is 8.54. The van der Waals surface area contributed by atoms with Gasteiger partial charge in [0.05, 0.1) is 17.9 Å². The van der Waals surface area contributed by atoms with Crippen LogP contribution in [0.4, 0.5) is 18.0 Å². The molecule has 6 nitrogen and oxygen atoms in total. The lowest BCUT2D eigenvalue weighted by Crippen LogP contribution is -2.41. The molecule has 1 atom stereocenters. The van der Waals surface area contributed by atoms with Crippen LogP contribution in [0.25, 0.3) is 0 Å². The van der Waals surface area contributed by atoms with Crippen molar-refractivity contribution in [3.05, 3.63) is 35.4 Å². The topological polar surface area (TPSA) is 87.3 Å². The summed E-state index contributed by atoms with van der Waals surface area (Å²) in [6.07, 6.45) is -3.46. The summed E-state index contributed by atoms with van der Waals surface area (Å²) in [6, 6.07) is 3.42. The number of carbonyl (C=O) groups excluding carboxylic acids is 1. The summed E-state index contributed by atoms with van der Waals surface area (Å²) in [5.74, 6) is 0. The number of hydrogen-bond donors (Lipinski definition) is 3. The fourth-order valence-corrected chi connectivity index (χ4v) is 2.20. The molecule has 0 aromatic heterocycles. The second kappa shape index (κ2) is 7.64. The van der Waals surface area contributed by atoms with Crippen molar-refractivity contribution >= 4 is 16.1 Å². The van der Waals surface area contributed by atoms with E-state index >= 15 is 0 Å². The van der Waals surface area contributed by atoms with Crippen LogP contribution in [-0.2, 0) is 16.2 Å². The van der Waals surface area contributed by atoms with Gasteiger partial charge in [-0.25, -0.2) is 17.9 Å². The molecule has 10 heteroatoms. The molecule has 1 aromatic carbocycles. The molecule has 2 amide bonds. The van der Waals surface area contributed by atoms with E-state index < -0.39 is 33.8 Å². The molecule has 23 heavy (non-hydrogen) atoms. The molecular weight excluding hydrogens is 335 g/mol. The Hall–Kier alpha value is -1.81. The van der Waals surface area contributed by atoms with Crippen molar-refractivity contribution in [2.24, 2.45) is 0 Å². The van der Waals surface area contributed by atoms with Gasteiger partial charge in [0.2, 0.25) is 10.0 Å². The smallest absolute Gasteiger partial charge is 0.337 e. The third-order valence-corrected chi connectivity index (χ3v) is 3.56. The summed E-state index contributed by atoms with van der Waals surface area (Å²) in [7, 11) is -3.34. The molecular formula is C13H18F3N3O3S. The lowest BCUT2D eigenvalue weighted by Gasteiger charge is -2.16. The van der Waals surface area contributed by atoms with Crippen LogP contribution in [0.15, 0.2) is 24.3 Å². The van der Waals surface area contributed by atoms with Gasteiger partial charge in [-0.15, -0.1) is 0 Å². The average Bonchev–Trinajstić information content (AvgIpc) is 2.42. The van der Waals surface area contributed by atoms with E-state index in [1.54, 1.807) is 6.92 Å². The van der Waals surface area contributed by atoms with Gasteiger partial charge < -0.3 is 10.6 Å². The maximum atomic E-state index is 12.6. The van der Waals surface area contributed by atoms with Crippen molar-refractivity contribution < 1.29 is 26.4 Å². The minimum absolute atomic E-state index is 0.0180. The molecule has 0 aliphatic heterocycles. The van der Waals surface area contributed by atoms with E-state index in [0.29, 0.717) is 5.56 Å². The number of nitrogens with one attached hydrogen (secondary N) is 3. The Balaban J connectivity index is 2.52. The van der Waals surface area contributed by atoms with E-state index in [0.717, 1.165) is 18.4 Å². The number of rotatable bonds is 6. The molecule has 0 saturated heterocycles. The summed E-state index contributed by atoms with van der Waals surface area (Å²) in [5, 5.41) is 4.88. The second-order valence-electron chi connectivity index (χ2n) is 4.91. The molecule has 0 spiro atoms. The van der Waals surface area contributed by atoms with Gasteiger partial charge in [-0.3, -0.25) is 0 Å². The third kappa shape index (κ3) is 7.33. The summed E-state index contributed by atoms with van der Waals surface area (Å²) in [6.45, 7) is 1.61. The van der Waals surface area contributed by atoms with Gasteiger partial charge in [0.25, 0.3) is 0 Å². The number of benzene rings is 1. The highest BCUT2D eigenvalue weighted by molar-refractivity contribution is 7.88. The van der Waals surface area contributed by atoms with Crippen molar-refractivity contribution in [3.63, 3.8) is 0 Å².